The summed E-state index contributed by atoms with van der Waals surface area (Å²) in [6.45, 7) is 5.82. The summed E-state index contributed by atoms with van der Waals surface area (Å²) in [6, 6.07) is 15.7. The van der Waals surface area contributed by atoms with E-state index in [1.807, 2.05) is 65.5 Å². The van der Waals surface area contributed by atoms with Crippen LogP contribution in [-0.2, 0) is 4.79 Å². The van der Waals surface area contributed by atoms with Gasteiger partial charge in [-0.1, -0.05) is 56.0 Å². The van der Waals surface area contributed by atoms with Gasteiger partial charge in [-0.15, -0.1) is 0 Å². The van der Waals surface area contributed by atoms with E-state index in [4.69, 9.17) is 26.8 Å². The number of ether oxygens (including phenoxy) is 2. The first-order valence-corrected chi connectivity index (χ1v) is 12.0. The molecule has 0 bridgehead atoms. The van der Waals surface area contributed by atoms with Gasteiger partial charge in [-0.2, -0.15) is 5.10 Å². The van der Waals surface area contributed by atoms with Crippen molar-refractivity contribution in [3.8, 4) is 28.4 Å². The Bertz CT molecular complexity index is 1250. The molecule has 3 aromatic rings. The number of nitrogens with zero attached hydrogens (tertiary/aromatic N) is 3. The summed E-state index contributed by atoms with van der Waals surface area (Å²) < 4.78 is 13.9. The number of aromatic nitrogens is 2. The summed E-state index contributed by atoms with van der Waals surface area (Å²) in [4.78, 5) is 15.3. The molecule has 5 rings (SSSR count). The second-order valence-corrected chi connectivity index (χ2v) is 9.93. The number of hydrogen-bond acceptors (Lipinski definition) is 6. The van der Waals surface area contributed by atoms with Crippen molar-refractivity contribution in [1.29, 1.82) is 0 Å². The van der Waals surface area contributed by atoms with Crippen LogP contribution in [0.15, 0.2) is 59.6 Å². The molecular formula is C25H23N3O3S2. The van der Waals surface area contributed by atoms with Crippen LogP contribution in [0.25, 0.3) is 23.0 Å². The summed E-state index contributed by atoms with van der Waals surface area (Å²) in [5.74, 6) is 1.70. The molecule has 3 heterocycles. The third-order valence-corrected chi connectivity index (χ3v) is 6.66. The predicted octanol–water partition coefficient (Wildman–Crippen LogP) is 5.17. The maximum Gasteiger partial charge on any atom is 0.266 e. The molecule has 0 radical (unpaired) electrons. The standard InChI is InChI=1S/C25H23N3O3S2/c1-16(2)14-27-24(29)22(33-25(27)32)13-18-15-28(19-6-4-3-5-7-19)26-23(18)17-8-9-20-21(12-17)31-11-10-30-20/h3-9,12-13,15-16H,10-11,14H2,1-2H3/b22-13-. The Morgan fingerprint density at radius 3 is 2.64 bits per heavy atom. The highest BCUT2D eigenvalue weighted by Gasteiger charge is 2.32. The molecule has 0 spiro atoms. The van der Waals surface area contributed by atoms with Gasteiger partial charge in [-0.05, 0) is 42.3 Å². The highest BCUT2D eigenvalue weighted by Crippen LogP contribution is 2.38. The number of rotatable bonds is 5. The van der Waals surface area contributed by atoms with Crippen LogP contribution < -0.4 is 9.47 Å². The van der Waals surface area contributed by atoms with Crippen LogP contribution in [0.2, 0.25) is 0 Å². The lowest BCUT2D eigenvalue weighted by molar-refractivity contribution is -0.122. The molecule has 2 aliphatic rings. The summed E-state index contributed by atoms with van der Waals surface area (Å²) >= 11 is 6.82. The van der Waals surface area contributed by atoms with Crippen molar-refractivity contribution in [2.24, 2.45) is 5.92 Å². The van der Waals surface area contributed by atoms with Gasteiger partial charge < -0.3 is 9.47 Å². The Morgan fingerprint density at radius 1 is 1.12 bits per heavy atom. The number of thioether (sulfide) groups is 1. The molecule has 2 aliphatic heterocycles. The lowest BCUT2D eigenvalue weighted by Crippen LogP contribution is -2.31. The van der Waals surface area contributed by atoms with Crippen molar-refractivity contribution in [3.05, 3.63) is 65.2 Å². The highest BCUT2D eigenvalue weighted by molar-refractivity contribution is 8.26. The maximum absolute atomic E-state index is 13.1. The SMILES string of the molecule is CC(C)CN1C(=O)/C(=C/c2cn(-c3ccccc3)nc2-c2ccc3c(c2)OCCO3)SC1=S. The quantitative estimate of drug-likeness (QED) is 0.373. The number of amides is 1. The van der Waals surface area contributed by atoms with Crippen LogP contribution in [0.1, 0.15) is 19.4 Å². The van der Waals surface area contributed by atoms with Crippen molar-refractivity contribution in [2.45, 2.75) is 13.8 Å². The van der Waals surface area contributed by atoms with Gasteiger partial charge in [0, 0.05) is 23.9 Å². The van der Waals surface area contributed by atoms with E-state index >= 15 is 0 Å². The first-order chi connectivity index (χ1) is 16.0. The van der Waals surface area contributed by atoms with Gasteiger partial charge >= 0.3 is 0 Å². The van der Waals surface area contributed by atoms with Crippen LogP contribution in [0.3, 0.4) is 0 Å². The number of benzene rings is 2. The van der Waals surface area contributed by atoms with E-state index in [9.17, 15) is 4.79 Å². The fourth-order valence-corrected chi connectivity index (χ4v) is 5.05. The summed E-state index contributed by atoms with van der Waals surface area (Å²) in [5, 5.41) is 4.86. The number of carbonyl (C=O) groups is 1. The van der Waals surface area contributed by atoms with Gasteiger partial charge in [-0.3, -0.25) is 9.69 Å². The molecular weight excluding hydrogens is 454 g/mol. The number of thiocarbonyl (C=S) groups is 1. The lowest BCUT2D eigenvalue weighted by Gasteiger charge is -2.18. The Balaban J connectivity index is 1.58. The van der Waals surface area contributed by atoms with E-state index in [1.54, 1.807) is 4.90 Å². The molecule has 1 fully saturated rings. The Kier molecular flexibility index (Phi) is 5.95. The molecule has 8 heteroatoms. The van der Waals surface area contributed by atoms with Gasteiger partial charge in [0.25, 0.3) is 5.91 Å². The molecule has 0 unspecified atom stereocenters. The Morgan fingerprint density at radius 2 is 1.88 bits per heavy atom. The predicted molar refractivity (Wildman–Crippen MR) is 135 cm³/mol. The monoisotopic (exact) mass is 477 g/mol. The fourth-order valence-electron chi connectivity index (χ4n) is 3.78. The van der Waals surface area contributed by atoms with Gasteiger partial charge in [0.15, 0.2) is 11.5 Å². The molecule has 1 amide bonds. The number of carbonyl (C=O) groups excluding carboxylic acids is 1. The van der Waals surface area contributed by atoms with Crippen molar-refractivity contribution >= 4 is 40.3 Å². The fraction of sp³-hybridized carbons (Fsp3) is 0.240. The third kappa shape index (κ3) is 4.41. The van der Waals surface area contributed by atoms with Gasteiger partial charge in [-0.25, -0.2) is 4.68 Å². The summed E-state index contributed by atoms with van der Waals surface area (Å²) in [7, 11) is 0. The van der Waals surface area contributed by atoms with E-state index in [0.29, 0.717) is 40.7 Å². The number of hydrogen-bond donors (Lipinski definition) is 0. The van der Waals surface area contributed by atoms with E-state index in [0.717, 1.165) is 28.3 Å². The molecule has 2 aromatic carbocycles. The molecule has 0 N–H and O–H groups in total. The minimum Gasteiger partial charge on any atom is -0.486 e. The van der Waals surface area contributed by atoms with Crippen LogP contribution in [0.5, 0.6) is 11.5 Å². The molecule has 0 aliphatic carbocycles. The molecule has 0 atom stereocenters. The van der Waals surface area contributed by atoms with Crippen LogP contribution >= 0.6 is 24.0 Å². The van der Waals surface area contributed by atoms with E-state index in [-0.39, 0.29) is 5.91 Å². The first-order valence-electron chi connectivity index (χ1n) is 10.8. The largest absolute Gasteiger partial charge is 0.486 e. The molecule has 168 valence electrons. The molecule has 6 nitrogen and oxygen atoms in total. The minimum atomic E-state index is -0.0562. The topological polar surface area (TPSA) is 56.6 Å². The molecule has 1 aromatic heterocycles. The molecule has 33 heavy (non-hydrogen) atoms. The Hall–Kier alpha value is -3.10. The van der Waals surface area contributed by atoms with Gasteiger partial charge in [0.2, 0.25) is 0 Å². The highest BCUT2D eigenvalue weighted by atomic mass is 32.2. The Labute approximate surface area is 202 Å². The average molecular weight is 478 g/mol. The third-order valence-electron chi connectivity index (χ3n) is 5.29. The average Bonchev–Trinajstić information content (AvgIpc) is 3.36. The second kappa shape index (κ2) is 9.03. The number of fused-ring (bicyclic) bond motifs is 1. The maximum atomic E-state index is 13.1. The minimum absolute atomic E-state index is 0.0562. The van der Waals surface area contributed by atoms with Gasteiger partial charge in [0.1, 0.15) is 23.2 Å². The zero-order valence-electron chi connectivity index (χ0n) is 18.4. The van der Waals surface area contributed by atoms with Crippen molar-refractivity contribution in [2.75, 3.05) is 19.8 Å². The zero-order valence-corrected chi connectivity index (χ0v) is 20.0. The van der Waals surface area contributed by atoms with Crippen LogP contribution in [0, 0.1) is 5.92 Å². The summed E-state index contributed by atoms with van der Waals surface area (Å²) in [6.07, 6.45) is 3.83. The van der Waals surface area contributed by atoms with Crippen molar-refractivity contribution < 1.29 is 14.3 Å². The van der Waals surface area contributed by atoms with E-state index in [2.05, 4.69) is 13.8 Å². The summed E-state index contributed by atoms with van der Waals surface area (Å²) in [5.41, 5.74) is 3.41. The van der Waals surface area contributed by atoms with Crippen LogP contribution in [0.4, 0.5) is 0 Å². The van der Waals surface area contributed by atoms with Gasteiger partial charge in [0.05, 0.1) is 10.6 Å². The second-order valence-electron chi connectivity index (χ2n) is 8.26. The van der Waals surface area contributed by atoms with Crippen LogP contribution in [-0.4, -0.2) is 44.7 Å². The molecule has 0 saturated carbocycles. The van der Waals surface area contributed by atoms with Crippen molar-refractivity contribution in [1.82, 2.24) is 14.7 Å². The van der Waals surface area contributed by atoms with Crippen molar-refractivity contribution in [3.63, 3.8) is 0 Å². The lowest BCUT2D eigenvalue weighted by atomic mass is 10.1. The van der Waals surface area contributed by atoms with E-state index < -0.39 is 0 Å². The number of para-hydroxylation sites is 1. The van der Waals surface area contributed by atoms with E-state index in [1.165, 1.54) is 11.8 Å². The molecule has 1 saturated heterocycles. The smallest absolute Gasteiger partial charge is 0.266 e. The zero-order chi connectivity index (χ0) is 22.9. The normalized spacial score (nSPS) is 16.8. The first kappa shape index (κ1) is 21.7.